The van der Waals surface area contributed by atoms with Crippen LogP contribution in [0, 0.1) is 0 Å². The lowest BCUT2D eigenvalue weighted by molar-refractivity contribution is 0.415. The van der Waals surface area contributed by atoms with Gasteiger partial charge < -0.3 is 4.74 Å². The summed E-state index contributed by atoms with van der Waals surface area (Å²) < 4.78 is 5.15. The van der Waals surface area contributed by atoms with Crippen LogP contribution in [0.5, 0.6) is 5.75 Å². The topological polar surface area (TPSA) is 22.1 Å². The van der Waals surface area contributed by atoms with Crippen molar-refractivity contribution >= 4 is 0 Å². The Hall–Kier alpha value is -1.83. The van der Waals surface area contributed by atoms with Crippen molar-refractivity contribution in [2.45, 2.75) is 19.8 Å². The number of ether oxygens (including phenoxy) is 1. The predicted octanol–water partition coefficient (Wildman–Crippen LogP) is 3.88. The summed E-state index contributed by atoms with van der Waals surface area (Å²) in [5.74, 6) is 1.32. The van der Waals surface area contributed by atoms with Gasteiger partial charge in [-0.1, -0.05) is 19.9 Å². The largest absolute Gasteiger partial charge is 0.497 e. The standard InChI is InChI=1S/C15H17NO/c1-11(2)14-5-4-6-15(16-14)12-7-9-13(17-3)10-8-12/h4-11H,1-3H3. The van der Waals surface area contributed by atoms with Crippen LogP contribution >= 0.6 is 0 Å². The molecule has 2 rings (SSSR count). The van der Waals surface area contributed by atoms with Crippen LogP contribution in [-0.2, 0) is 0 Å². The summed E-state index contributed by atoms with van der Waals surface area (Å²) in [7, 11) is 1.67. The molecule has 0 fully saturated rings. The zero-order valence-corrected chi connectivity index (χ0v) is 10.5. The Bertz CT molecular complexity index is 489. The lowest BCUT2D eigenvalue weighted by Crippen LogP contribution is -1.93. The first-order valence-corrected chi connectivity index (χ1v) is 5.82. The predicted molar refractivity (Wildman–Crippen MR) is 70.3 cm³/mol. The Morgan fingerprint density at radius 2 is 1.71 bits per heavy atom. The number of nitrogens with zero attached hydrogens (tertiary/aromatic N) is 1. The first-order chi connectivity index (χ1) is 8.20. The summed E-state index contributed by atoms with van der Waals surface area (Å²) in [5.41, 5.74) is 3.26. The van der Waals surface area contributed by atoms with E-state index in [9.17, 15) is 0 Å². The van der Waals surface area contributed by atoms with E-state index >= 15 is 0 Å². The third-order valence-electron chi connectivity index (χ3n) is 2.75. The molecule has 1 heterocycles. The van der Waals surface area contributed by atoms with Gasteiger partial charge in [0.2, 0.25) is 0 Å². The second kappa shape index (κ2) is 5.00. The van der Waals surface area contributed by atoms with Crippen LogP contribution < -0.4 is 4.74 Å². The molecule has 0 bridgehead atoms. The summed E-state index contributed by atoms with van der Waals surface area (Å²) in [6, 6.07) is 14.1. The van der Waals surface area contributed by atoms with E-state index in [1.54, 1.807) is 7.11 Å². The molecule has 1 aromatic carbocycles. The number of methoxy groups -OCH3 is 1. The second-order valence-electron chi connectivity index (χ2n) is 4.33. The summed E-state index contributed by atoms with van der Waals surface area (Å²) >= 11 is 0. The molecule has 0 aliphatic carbocycles. The smallest absolute Gasteiger partial charge is 0.118 e. The van der Waals surface area contributed by atoms with Gasteiger partial charge in [-0.05, 0) is 42.3 Å². The van der Waals surface area contributed by atoms with Crippen molar-refractivity contribution in [3.63, 3.8) is 0 Å². The zero-order valence-electron chi connectivity index (χ0n) is 10.5. The maximum atomic E-state index is 5.15. The molecule has 2 heteroatoms. The van der Waals surface area contributed by atoms with Crippen molar-refractivity contribution in [2.75, 3.05) is 7.11 Å². The van der Waals surface area contributed by atoms with Crippen molar-refractivity contribution in [2.24, 2.45) is 0 Å². The van der Waals surface area contributed by atoms with E-state index in [1.165, 1.54) is 0 Å². The Labute approximate surface area is 102 Å². The third-order valence-corrected chi connectivity index (χ3v) is 2.75. The molecule has 0 saturated heterocycles. The molecule has 0 N–H and O–H groups in total. The summed E-state index contributed by atoms with van der Waals surface area (Å²) in [6.07, 6.45) is 0. The first kappa shape index (κ1) is 11.6. The quantitative estimate of drug-likeness (QED) is 0.793. The molecule has 1 aromatic heterocycles. The Balaban J connectivity index is 2.35. The number of rotatable bonds is 3. The number of hydrogen-bond donors (Lipinski definition) is 0. The molecule has 2 nitrogen and oxygen atoms in total. The third kappa shape index (κ3) is 2.64. The first-order valence-electron chi connectivity index (χ1n) is 5.82. The van der Waals surface area contributed by atoms with Crippen molar-refractivity contribution in [1.29, 1.82) is 0 Å². The van der Waals surface area contributed by atoms with Gasteiger partial charge in [-0.15, -0.1) is 0 Å². The maximum absolute atomic E-state index is 5.15. The van der Waals surface area contributed by atoms with E-state index in [4.69, 9.17) is 4.74 Å². The summed E-state index contributed by atoms with van der Waals surface area (Å²) in [4.78, 5) is 4.66. The van der Waals surface area contributed by atoms with Crippen LogP contribution in [0.4, 0.5) is 0 Å². The molecule has 2 aromatic rings. The SMILES string of the molecule is COc1ccc(-c2cccc(C(C)C)n2)cc1. The number of benzene rings is 1. The van der Waals surface area contributed by atoms with Crippen LogP contribution in [0.1, 0.15) is 25.5 Å². The van der Waals surface area contributed by atoms with Crippen molar-refractivity contribution in [3.05, 3.63) is 48.2 Å². The zero-order chi connectivity index (χ0) is 12.3. The minimum atomic E-state index is 0.452. The highest BCUT2D eigenvalue weighted by Crippen LogP contribution is 2.22. The minimum Gasteiger partial charge on any atom is -0.497 e. The normalized spacial score (nSPS) is 10.6. The van der Waals surface area contributed by atoms with Crippen molar-refractivity contribution < 1.29 is 4.74 Å². The molecule has 0 spiro atoms. The van der Waals surface area contributed by atoms with Gasteiger partial charge in [-0.3, -0.25) is 4.98 Å². The molecule has 17 heavy (non-hydrogen) atoms. The van der Waals surface area contributed by atoms with E-state index in [0.29, 0.717) is 5.92 Å². The van der Waals surface area contributed by atoms with Crippen LogP contribution in [0.15, 0.2) is 42.5 Å². The molecular weight excluding hydrogens is 210 g/mol. The Kier molecular flexibility index (Phi) is 3.43. The van der Waals surface area contributed by atoms with Crippen molar-refractivity contribution in [3.8, 4) is 17.0 Å². The van der Waals surface area contributed by atoms with Crippen LogP contribution in [0.25, 0.3) is 11.3 Å². The molecule has 0 aliphatic heterocycles. The number of aromatic nitrogens is 1. The van der Waals surface area contributed by atoms with Gasteiger partial charge >= 0.3 is 0 Å². The summed E-state index contributed by atoms with van der Waals surface area (Å²) in [5, 5.41) is 0. The lowest BCUT2D eigenvalue weighted by atomic mass is 10.1. The molecule has 0 unspecified atom stereocenters. The van der Waals surface area contributed by atoms with Gasteiger partial charge in [0.1, 0.15) is 5.75 Å². The molecular formula is C15H17NO. The van der Waals surface area contributed by atoms with Crippen molar-refractivity contribution in [1.82, 2.24) is 4.98 Å². The monoisotopic (exact) mass is 227 g/mol. The molecule has 0 atom stereocenters. The Morgan fingerprint density at radius 1 is 1.00 bits per heavy atom. The van der Waals surface area contributed by atoms with Gasteiger partial charge in [-0.2, -0.15) is 0 Å². The fourth-order valence-electron chi connectivity index (χ4n) is 1.70. The Morgan fingerprint density at radius 3 is 2.29 bits per heavy atom. The van der Waals surface area contributed by atoms with Gasteiger partial charge in [0.25, 0.3) is 0 Å². The van der Waals surface area contributed by atoms with E-state index in [0.717, 1.165) is 22.7 Å². The van der Waals surface area contributed by atoms with Crippen LogP contribution in [0.2, 0.25) is 0 Å². The molecule has 0 amide bonds. The van der Waals surface area contributed by atoms with E-state index in [-0.39, 0.29) is 0 Å². The van der Waals surface area contributed by atoms with Gasteiger partial charge in [0.15, 0.2) is 0 Å². The van der Waals surface area contributed by atoms with E-state index < -0.39 is 0 Å². The average Bonchev–Trinajstić information content (AvgIpc) is 2.39. The van der Waals surface area contributed by atoms with Gasteiger partial charge in [0.05, 0.1) is 12.8 Å². The average molecular weight is 227 g/mol. The molecule has 88 valence electrons. The van der Waals surface area contributed by atoms with E-state index in [1.807, 2.05) is 30.3 Å². The van der Waals surface area contributed by atoms with Gasteiger partial charge in [-0.25, -0.2) is 0 Å². The second-order valence-corrected chi connectivity index (χ2v) is 4.33. The van der Waals surface area contributed by atoms with Crippen LogP contribution in [-0.4, -0.2) is 12.1 Å². The molecule has 0 radical (unpaired) electrons. The summed E-state index contributed by atoms with van der Waals surface area (Å²) in [6.45, 7) is 4.31. The van der Waals surface area contributed by atoms with Crippen LogP contribution in [0.3, 0.4) is 0 Å². The fourth-order valence-corrected chi connectivity index (χ4v) is 1.70. The minimum absolute atomic E-state index is 0.452. The number of pyridine rings is 1. The molecule has 0 saturated carbocycles. The molecule has 0 aliphatic rings. The fraction of sp³-hybridized carbons (Fsp3) is 0.267. The number of hydrogen-bond acceptors (Lipinski definition) is 2. The van der Waals surface area contributed by atoms with E-state index in [2.05, 4.69) is 31.0 Å². The highest BCUT2D eigenvalue weighted by molar-refractivity contribution is 5.60. The van der Waals surface area contributed by atoms with Gasteiger partial charge in [0, 0.05) is 11.3 Å². The highest BCUT2D eigenvalue weighted by Gasteiger charge is 2.04. The maximum Gasteiger partial charge on any atom is 0.118 e. The lowest BCUT2D eigenvalue weighted by Gasteiger charge is -2.07. The highest BCUT2D eigenvalue weighted by atomic mass is 16.5.